The molecule has 2 fully saturated rings. The molecule has 12 heavy (non-hydrogen) atoms. The van der Waals surface area contributed by atoms with E-state index in [0.717, 1.165) is 0 Å². The maximum absolute atomic E-state index is 11.1. The first-order valence-electron chi connectivity index (χ1n) is 4.33. The number of epoxide rings is 1. The van der Waals surface area contributed by atoms with Crippen LogP contribution in [0.5, 0.6) is 0 Å². The standard InChI is InChI=1S/C8H14O3Si/c1-12(2,3)11-6-4-5(9)7-8(6)10-7/h6-8H,4H2,1-3H3. The van der Waals surface area contributed by atoms with Crippen molar-refractivity contribution in [2.45, 2.75) is 44.4 Å². The third kappa shape index (κ3) is 1.46. The first-order valence-corrected chi connectivity index (χ1v) is 7.74. The van der Waals surface area contributed by atoms with E-state index < -0.39 is 8.32 Å². The molecule has 1 saturated heterocycles. The smallest absolute Gasteiger partial charge is 0.184 e. The van der Waals surface area contributed by atoms with Gasteiger partial charge in [0.05, 0.1) is 6.10 Å². The van der Waals surface area contributed by atoms with E-state index in [9.17, 15) is 4.79 Å². The summed E-state index contributed by atoms with van der Waals surface area (Å²) in [4.78, 5) is 11.1. The van der Waals surface area contributed by atoms with Crippen LogP contribution in [0.4, 0.5) is 0 Å². The average Bonchev–Trinajstić information content (AvgIpc) is 2.54. The van der Waals surface area contributed by atoms with Crippen molar-refractivity contribution in [3.8, 4) is 0 Å². The molecule has 2 aliphatic rings. The normalized spacial score (nSPS) is 39.9. The van der Waals surface area contributed by atoms with E-state index in [2.05, 4.69) is 19.6 Å². The zero-order chi connectivity index (χ0) is 8.93. The minimum Gasteiger partial charge on any atom is -0.412 e. The predicted octanol–water partition coefficient (Wildman–Crippen LogP) is 0.947. The molecule has 0 aromatic heterocycles. The first kappa shape index (κ1) is 8.41. The molecule has 0 amide bonds. The number of hydrogen-bond acceptors (Lipinski definition) is 3. The van der Waals surface area contributed by atoms with Crippen LogP contribution >= 0.6 is 0 Å². The molecule has 0 aromatic rings. The molecule has 1 aliphatic carbocycles. The van der Waals surface area contributed by atoms with Crippen LogP contribution in [0, 0.1) is 0 Å². The summed E-state index contributed by atoms with van der Waals surface area (Å²) >= 11 is 0. The van der Waals surface area contributed by atoms with E-state index in [0.29, 0.717) is 6.42 Å². The van der Waals surface area contributed by atoms with Gasteiger partial charge in [-0.2, -0.15) is 0 Å². The molecule has 3 nitrogen and oxygen atoms in total. The molecule has 0 N–H and O–H groups in total. The molecule has 68 valence electrons. The van der Waals surface area contributed by atoms with Crippen molar-refractivity contribution in [3.63, 3.8) is 0 Å². The molecule has 4 heteroatoms. The minimum atomic E-state index is -1.50. The number of rotatable bonds is 2. The minimum absolute atomic E-state index is 0.0640. The third-order valence-corrected chi connectivity index (χ3v) is 3.13. The molecule has 0 aromatic carbocycles. The average molecular weight is 186 g/mol. The number of Topliss-reactive ketones (excluding diaryl/α,β-unsaturated/α-hetero) is 1. The van der Waals surface area contributed by atoms with Crippen molar-refractivity contribution >= 4 is 14.1 Å². The van der Waals surface area contributed by atoms with Crippen LogP contribution in [0.3, 0.4) is 0 Å². The SMILES string of the molecule is C[Si](C)(C)OC1CC(=O)C2OC12. The second-order valence-corrected chi connectivity index (χ2v) is 8.92. The predicted molar refractivity (Wildman–Crippen MR) is 46.5 cm³/mol. The molecule has 1 heterocycles. The second kappa shape index (κ2) is 2.40. The zero-order valence-electron chi connectivity index (χ0n) is 7.66. The lowest BCUT2D eigenvalue weighted by Gasteiger charge is -2.22. The summed E-state index contributed by atoms with van der Waals surface area (Å²) in [5, 5.41) is 0. The Morgan fingerprint density at radius 1 is 1.50 bits per heavy atom. The molecule has 1 aliphatic heterocycles. The summed E-state index contributed by atoms with van der Waals surface area (Å²) in [6, 6.07) is 0. The monoisotopic (exact) mass is 186 g/mol. The maximum Gasteiger partial charge on any atom is 0.184 e. The van der Waals surface area contributed by atoms with Gasteiger partial charge in [-0.25, -0.2) is 0 Å². The molecule has 0 spiro atoms. The zero-order valence-corrected chi connectivity index (χ0v) is 8.66. The highest BCUT2D eigenvalue weighted by atomic mass is 28.4. The van der Waals surface area contributed by atoms with Crippen LogP contribution in [0.1, 0.15) is 6.42 Å². The number of fused-ring (bicyclic) bond motifs is 1. The van der Waals surface area contributed by atoms with Crippen molar-refractivity contribution in [2.24, 2.45) is 0 Å². The molecule has 0 bridgehead atoms. The molecule has 1 saturated carbocycles. The van der Waals surface area contributed by atoms with Crippen molar-refractivity contribution in [1.82, 2.24) is 0 Å². The third-order valence-electron chi connectivity index (χ3n) is 2.12. The molecular formula is C8H14O3Si. The van der Waals surface area contributed by atoms with Gasteiger partial charge in [-0.15, -0.1) is 0 Å². The maximum atomic E-state index is 11.1. The highest BCUT2D eigenvalue weighted by Crippen LogP contribution is 2.38. The van der Waals surface area contributed by atoms with Gasteiger partial charge in [0.1, 0.15) is 12.2 Å². The lowest BCUT2D eigenvalue weighted by molar-refractivity contribution is -0.121. The molecule has 0 radical (unpaired) electrons. The van der Waals surface area contributed by atoms with Gasteiger partial charge in [0.25, 0.3) is 0 Å². The van der Waals surface area contributed by atoms with Gasteiger partial charge in [-0.1, -0.05) is 0 Å². The van der Waals surface area contributed by atoms with E-state index >= 15 is 0 Å². The Morgan fingerprint density at radius 3 is 2.50 bits per heavy atom. The molecule has 3 unspecified atom stereocenters. The fourth-order valence-corrected chi connectivity index (χ4v) is 2.78. The molecule has 2 rings (SSSR count). The Hall–Kier alpha value is -0.193. The second-order valence-electron chi connectivity index (χ2n) is 4.46. The van der Waals surface area contributed by atoms with E-state index in [4.69, 9.17) is 9.16 Å². The van der Waals surface area contributed by atoms with E-state index in [-0.39, 0.29) is 24.1 Å². The Bertz CT molecular complexity index is 221. The largest absolute Gasteiger partial charge is 0.412 e. The van der Waals surface area contributed by atoms with Crippen LogP contribution < -0.4 is 0 Å². The van der Waals surface area contributed by atoms with Crippen LogP contribution in [0.2, 0.25) is 19.6 Å². The van der Waals surface area contributed by atoms with Gasteiger partial charge in [0.15, 0.2) is 14.1 Å². The fourth-order valence-electron chi connectivity index (χ4n) is 1.66. The van der Waals surface area contributed by atoms with E-state index in [1.807, 2.05) is 0 Å². The van der Waals surface area contributed by atoms with E-state index in [1.54, 1.807) is 0 Å². The van der Waals surface area contributed by atoms with Gasteiger partial charge < -0.3 is 9.16 Å². The highest BCUT2D eigenvalue weighted by Gasteiger charge is 2.57. The summed E-state index contributed by atoms with van der Waals surface area (Å²) < 4.78 is 11.0. The van der Waals surface area contributed by atoms with Gasteiger partial charge in [0.2, 0.25) is 0 Å². The first-order chi connectivity index (χ1) is 5.47. The van der Waals surface area contributed by atoms with Crippen molar-refractivity contribution in [2.75, 3.05) is 0 Å². The number of carbonyl (C=O) groups excluding carboxylic acids is 1. The van der Waals surface area contributed by atoms with E-state index in [1.165, 1.54) is 0 Å². The van der Waals surface area contributed by atoms with Crippen molar-refractivity contribution in [3.05, 3.63) is 0 Å². The topological polar surface area (TPSA) is 38.8 Å². The number of ether oxygens (including phenoxy) is 1. The number of carbonyl (C=O) groups is 1. The Morgan fingerprint density at radius 2 is 2.17 bits per heavy atom. The van der Waals surface area contributed by atoms with Gasteiger partial charge in [-0.3, -0.25) is 4.79 Å². The summed E-state index contributed by atoms with van der Waals surface area (Å²) in [6.07, 6.45) is 0.629. The van der Waals surface area contributed by atoms with Crippen LogP contribution in [0.25, 0.3) is 0 Å². The summed E-state index contributed by atoms with van der Waals surface area (Å²) in [7, 11) is -1.50. The summed E-state index contributed by atoms with van der Waals surface area (Å²) in [5.41, 5.74) is 0. The lowest BCUT2D eigenvalue weighted by atomic mass is 10.3. The Labute approximate surface area is 73.2 Å². The summed E-state index contributed by atoms with van der Waals surface area (Å²) in [5.74, 6) is 0.225. The van der Waals surface area contributed by atoms with Crippen molar-refractivity contribution in [1.29, 1.82) is 0 Å². The molecular weight excluding hydrogens is 172 g/mol. The van der Waals surface area contributed by atoms with Gasteiger partial charge in [0, 0.05) is 6.42 Å². The number of hydrogen-bond donors (Lipinski definition) is 0. The fraction of sp³-hybridized carbons (Fsp3) is 0.875. The van der Waals surface area contributed by atoms with Gasteiger partial charge in [-0.05, 0) is 19.6 Å². The van der Waals surface area contributed by atoms with Crippen LogP contribution in [-0.4, -0.2) is 32.4 Å². The quantitative estimate of drug-likeness (QED) is 0.476. The Kier molecular flexibility index (Phi) is 1.68. The van der Waals surface area contributed by atoms with Crippen molar-refractivity contribution < 1.29 is 14.0 Å². The number of ketones is 1. The molecule has 3 atom stereocenters. The lowest BCUT2D eigenvalue weighted by Crippen LogP contribution is -2.33. The van der Waals surface area contributed by atoms with Crippen LogP contribution in [0.15, 0.2) is 0 Å². The highest BCUT2D eigenvalue weighted by molar-refractivity contribution is 6.69. The Balaban J connectivity index is 1.95. The van der Waals surface area contributed by atoms with Crippen LogP contribution in [-0.2, 0) is 14.0 Å². The van der Waals surface area contributed by atoms with Gasteiger partial charge >= 0.3 is 0 Å². The summed E-state index contributed by atoms with van der Waals surface area (Å²) in [6.45, 7) is 6.40.